The number of nitrogens with one attached hydrogen (secondary N) is 1. The molecule has 2 aliphatic heterocycles. The van der Waals surface area contributed by atoms with Gasteiger partial charge in [-0.2, -0.15) is 5.26 Å². The van der Waals surface area contributed by atoms with Gasteiger partial charge in [0.15, 0.2) is 5.41 Å². The van der Waals surface area contributed by atoms with E-state index in [-0.39, 0.29) is 45.5 Å². The van der Waals surface area contributed by atoms with E-state index < -0.39 is 21.9 Å². The van der Waals surface area contributed by atoms with Crippen LogP contribution >= 0.6 is 0 Å². The van der Waals surface area contributed by atoms with E-state index >= 15 is 0 Å². The lowest BCUT2D eigenvalue weighted by Gasteiger charge is -2.32. The minimum atomic E-state index is -2.00. The fourth-order valence-corrected chi connectivity index (χ4v) is 3.52. The van der Waals surface area contributed by atoms with Crippen molar-refractivity contribution in [1.29, 1.82) is 5.26 Å². The summed E-state index contributed by atoms with van der Waals surface area (Å²) in [5, 5.41) is 23.4. The van der Waals surface area contributed by atoms with E-state index in [1.165, 1.54) is 25.1 Å². The van der Waals surface area contributed by atoms with Gasteiger partial charge in [0.2, 0.25) is 11.8 Å². The van der Waals surface area contributed by atoms with Crippen molar-refractivity contribution in [3.8, 4) is 11.8 Å². The van der Waals surface area contributed by atoms with Crippen LogP contribution in [0.1, 0.15) is 16.9 Å². The average Bonchev–Trinajstić information content (AvgIpc) is 2.86. The minimum Gasteiger partial charge on any atom is -0.440 e. The molecule has 10 nitrogen and oxygen atoms in total. The van der Waals surface area contributed by atoms with E-state index in [1.807, 2.05) is 6.07 Å². The maximum atomic E-state index is 13.0. The Hall–Kier alpha value is -4.13. The summed E-state index contributed by atoms with van der Waals surface area (Å²) >= 11 is 0. The molecule has 134 valence electrons. The van der Waals surface area contributed by atoms with Crippen LogP contribution in [0.4, 0.5) is 11.4 Å². The third-order valence-electron chi connectivity index (χ3n) is 4.57. The van der Waals surface area contributed by atoms with Gasteiger partial charge in [-0.05, 0) is 13.0 Å². The topological polar surface area (TPSA) is 161 Å². The number of anilines is 1. The van der Waals surface area contributed by atoms with Gasteiger partial charge in [-0.3, -0.25) is 14.9 Å². The number of nitriles is 1. The summed E-state index contributed by atoms with van der Waals surface area (Å²) < 4.78 is 10.5. The zero-order chi connectivity index (χ0) is 19.5. The van der Waals surface area contributed by atoms with E-state index in [0.717, 1.165) is 6.07 Å². The average molecular weight is 366 g/mol. The molecular formula is C17H10N4O6. The minimum absolute atomic E-state index is 0.0465. The maximum absolute atomic E-state index is 13.0. The molecule has 1 atom stereocenters. The summed E-state index contributed by atoms with van der Waals surface area (Å²) in [6.45, 7) is 1.50. The first-order valence-electron chi connectivity index (χ1n) is 7.64. The second-order valence-corrected chi connectivity index (χ2v) is 6.03. The Labute approximate surface area is 150 Å². The fraction of sp³-hybridized carbons (Fsp3) is 0.118. The quantitative estimate of drug-likeness (QED) is 0.561. The molecule has 3 heterocycles. The number of hydrogen-bond donors (Lipinski definition) is 2. The number of hydrogen-bond acceptors (Lipinski definition) is 8. The van der Waals surface area contributed by atoms with Crippen LogP contribution in [0.3, 0.4) is 0 Å². The molecule has 2 aromatic rings. The van der Waals surface area contributed by atoms with Crippen molar-refractivity contribution in [1.82, 2.24) is 0 Å². The van der Waals surface area contributed by atoms with Gasteiger partial charge in [-0.15, -0.1) is 0 Å². The van der Waals surface area contributed by atoms with Crippen LogP contribution in [0.2, 0.25) is 0 Å². The zero-order valence-electron chi connectivity index (χ0n) is 13.7. The Bertz CT molecular complexity index is 1190. The molecule has 0 radical (unpaired) electrons. The second-order valence-electron chi connectivity index (χ2n) is 6.03. The number of rotatable bonds is 1. The summed E-state index contributed by atoms with van der Waals surface area (Å²) in [6, 6.07) is 6.84. The summed E-state index contributed by atoms with van der Waals surface area (Å²) in [4.78, 5) is 36.3. The molecule has 2 aliphatic rings. The summed E-state index contributed by atoms with van der Waals surface area (Å²) in [5.74, 6) is -0.961. The summed E-state index contributed by atoms with van der Waals surface area (Å²) in [5.41, 5.74) is 2.33. The van der Waals surface area contributed by atoms with Crippen molar-refractivity contribution >= 4 is 17.3 Å². The van der Waals surface area contributed by atoms with E-state index in [2.05, 4.69) is 5.32 Å². The van der Waals surface area contributed by atoms with Crippen molar-refractivity contribution < 1.29 is 18.9 Å². The number of carbonyl (C=O) groups excluding carboxylic acids is 1. The first kappa shape index (κ1) is 16.3. The van der Waals surface area contributed by atoms with Crippen LogP contribution in [-0.2, 0) is 10.2 Å². The van der Waals surface area contributed by atoms with E-state index in [4.69, 9.17) is 14.9 Å². The number of benzene rings is 1. The molecule has 3 N–H and O–H groups in total. The van der Waals surface area contributed by atoms with Crippen LogP contribution in [0.25, 0.3) is 0 Å². The summed E-state index contributed by atoms with van der Waals surface area (Å²) in [7, 11) is 0. The van der Waals surface area contributed by atoms with E-state index in [0.29, 0.717) is 0 Å². The lowest BCUT2D eigenvalue weighted by molar-refractivity contribution is -0.384. The Morgan fingerprint density at radius 2 is 2.07 bits per heavy atom. The number of nitrogens with zero attached hydrogens (tertiary/aromatic N) is 2. The normalized spacial score (nSPS) is 19.8. The van der Waals surface area contributed by atoms with Crippen LogP contribution in [0.15, 0.2) is 44.9 Å². The van der Waals surface area contributed by atoms with E-state index in [1.54, 1.807) is 0 Å². The molecule has 0 fully saturated rings. The van der Waals surface area contributed by atoms with E-state index in [9.17, 15) is 25.0 Å². The van der Waals surface area contributed by atoms with Crippen molar-refractivity contribution in [3.63, 3.8) is 0 Å². The molecule has 0 saturated carbocycles. The van der Waals surface area contributed by atoms with Crippen LogP contribution in [-0.4, -0.2) is 10.8 Å². The standard InChI is InChI=1S/C17H10N4O6/c1-7-4-12-13(15(22)26-7)17(10(6-18)14(19)27-12)9-5-8(21(24)25)2-3-11(9)20-16(17)23/h2-5H,19H2,1H3,(H,20,23)/t17-/m0/s1. The number of ether oxygens (including phenoxy) is 1. The lowest BCUT2D eigenvalue weighted by atomic mass is 9.69. The third kappa shape index (κ3) is 1.93. The van der Waals surface area contributed by atoms with Gasteiger partial charge >= 0.3 is 5.63 Å². The Morgan fingerprint density at radius 3 is 2.74 bits per heavy atom. The van der Waals surface area contributed by atoms with Crippen LogP contribution in [0.5, 0.6) is 5.75 Å². The molecular weight excluding hydrogens is 356 g/mol. The second kappa shape index (κ2) is 5.18. The molecule has 4 rings (SSSR count). The van der Waals surface area contributed by atoms with Crippen molar-refractivity contribution in [3.05, 3.63) is 73.1 Å². The number of aryl methyl sites for hydroxylation is 1. The van der Waals surface area contributed by atoms with Gasteiger partial charge < -0.3 is 20.2 Å². The summed E-state index contributed by atoms with van der Waals surface area (Å²) in [6.07, 6.45) is 0. The smallest absolute Gasteiger partial charge is 0.344 e. The molecule has 0 bridgehead atoms. The Kier molecular flexibility index (Phi) is 3.14. The highest BCUT2D eigenvalue weighted by molar-refractivity contribution is 6.12. The monoisotopic (exact) mass is 366 g/mol. The maximum Gasteiger partial charge on any atom is 0.344 e. The van der Waals surface area contributed by atoms with Crippen molar-refractivity contribution in [2.75, 3.05) is 5.32 Å². The molecule has 27 heavy (non-hydrogen) atoms. The van der Waals surface area contributed by atoms with Gasteiger partial charge in [0.1, 0.15) is 28.7 Å². The number of fused-ring (bicyclic) bond motifs is 4. The number of amides is 1. The number of nitrogens with two attached hydrogens (primary N) is 1. The fourth-order valence-electron chi connectivity index (χ4n) is 3.52. The number of nitro groups is 1. The first-order valence-corrected chi connectivity index (χ1v) is 7.64. The molecule has 0 saturated heterocycles. The molecule has 1 aromatic carbocycles. The van der Waals surface area contributed by atoms with Gasteiger partial charge in [0, 0.05) is 29.4 Å². The molecule has 1 aromatic heterocycles. The van der Waals surface area contributed by atoms with Gasteiger partial charge in [-0.1, -0.05) is 0 Å². The predicted octanol–water partition coefficient (Wildman–Crippen LogP) is 1.18. The first-order chi connectivity index (χ1) is 12.8. The van der Waals surface area contributed by atoms with Crippen molar-refractivity contribution in [2.45, 2.75) is 12.3 Å². The SMILES string of the molecule is Cc1cc2c(c(=O)o1)[C@@]1(C(=O)Nc3ccc([N+](=O)[O-])cc31)C(C#N)=C(N)O2. The molecule has 1 spiro atoms. The highest BCUT2D eigenvalue weighted by Crippen LogP contribution is 2.52. The van der Waals surface area contributed by atoms with Gasteiger partial charge in [0.25, 0.3) is 5.69 Å². The largest absolute Gasteiger partial charge is 0.440 e. The molecule has 1 amide bonds. The molecule has 0 aliphatic carbocycles. The van der Waals surface area contributed by atoms with Gasteiger partial charge in [0.05, 0.1) is 4.92 Å². The molecule has 0 unspecified atom stereocenters. The van der Waals surface area contributed by atoms with Crippen LogP contribution < -0.4 is 21.4 Å². The highest BCUT2D eigenvalue weighted by atomic mass is 16.6. The third-order valence-corrected chi connectivity index (χ3v) is 4.57. The molecule has 10 heteroatoms. The zero-order valence-corrected chi connectivity index (χ0v) is 13.7. The number of carbonyl (C=O) groups is 1. The van der Waals surface area contributed by atoms with Crippen LogP contribution in [0, 0.1) is 28.4 Å². The number of non-ortho nitro benzene ring substituents is 1. The highest BCUT2D eigenvalue weighted by Gasteiger charge is 2.59. The lowest BCUT2D eigenvalue weighted by Crippen LogP contribution is -2.45. The number of nitro benzene ring substituents is 1. The van der Waals surface area contributed by atoms with Gasteiger partial charge in [-0.25, -0.2) is 4.79 Å². The Balaban J connectivity index is 2.20. The van der Waals surface area contributed by atoms with Crippen molar-refractivity contribution in [2.24, 2.45) is 5.73 Å². The Morgan fingerprint density at radius 1 is 1.33 bits per heavy atom. The predicted molar refractivity (Wildman–Crippen MR) is 89.7 cm³/mol.